The zero-order valence-electron chi connectivity index (χ0n) is 13.3. The van der Waals surface area contributed by atoms with Crippen molar-refractivity contribution in [3.8, 4) is 11.5 Å². The van der Waals surface area contributed by atoms with E-state index in [0.29, 0.717) is 11.3 Å². The summed E-state index contributed by atoms with van der Waals surface area (Å²) in [5, 5.41) is 21.1. The molecular formula is C18H19NO5. The molecule has 2 rings (SSSR count). The van der Waals surface area contributed by atoms with E-state index in [1.165, 1.54) is 18.2 Å². The van der Waals surface area contributed by atoms with Gasteiger partial charge in [-0.2, -0.15) is 0 Å². The third kappa shape index (κ3) is 4.74. The first-order valence-corrected chi connectivity index (χ1v) is 7.53. The lowest BCUT2D eigenvalue weighted by atomic mass is 10.1. The van der Waals surface area contributed by atoms with Crippen molar-refractivity contribution >= 4 is 17.6 Å². The monoisotopic (exact) mass is 329 g/mol. The topological polar surface area (TPSA) is 95.9 Å². The van der Waals surface area contributed by atoms with Crippen LogP contribution in [0.4, 0.5) is 5.69 Å². The number of aliphatic carboxylic acids is 1. The number of benzene rings is 2. The van der Waals surface area contributed by atoms with Crippen LogP contribution in [0.5, 0.6) is 11.5 Å². The minimum absolute atomic E-state index is 0.133. The predicted octanol–water partition coefficient (Wildman–Crippen LogP) is 2.60. The fourth-order valence-corrected chi connectivity index (χ4v) is 2.23. The van der Waals surface area contributed by atoms with Crippen LogP contribution in [0.25, 0.3) is 0 Å². The number of anilines is 1. The van der Waals surface area contributed by atoms with Gasteiger partial charge in [-0.1, -0.05) is 31.2 Å². The molecule has 2 aromatic rings. The first-order chi connectivity index (χ1) is 11.5. The third-order valence-electron chi connectivity index (χ3n) is 3.40. The van der Waals surface area contributed by atoms with Crippen molar-refractivity contribution in [3.63, 3.8) is 0 Å². The number of carbonyl (C=O) groups is 2. The molecule has 0 aliphatic heterocycles. The van der Waals surface area contributed by atoms with Gasteiger partial charge in [0.25, 0.3) is 5.91 Å². The largest absolute Gasteiger partial charge is 0.506 e. The van der Waals surface area contributed by atoms with Gasteiger partial charge in [-0.3, -0.25) is 9.59 Å². The summed E-state index contributed by atoms with van der Waals surface area (Å²) in [6.45, 7) is 1.79. The molecule has 0 aliphatic rings. The number of aromatic hydroxyl groups is 1. The van der Waals surface area contributed by atoms with Crippen LogP contribution in [0.2, 0.25) is 0 Å². The van der Waals surface area contributed by atoms with Gasteiger partial charge in [-0.15, -0.1) is 0 Å². The minimum atomic E-state index is -0.988. The average molecular weight is 329 g/mol. The van der Waals surface area contributed by atoms with Gasteiger partial charge in [-0.05, 0) is 35.7 Å². The summed E-state index contributed by atoms with van der Waals surface area (Å²) in [7, 11) is 0. The van der Waals surface area contributed by atoms with Gasteiger partial charge in [0.1, 0.15) is 11.5 Å². The zero-order chi connectivity index (χ0) is 17.5. The Labute approximate surface area is 139 Å². The van der Waals surface area contributed by atoms with Crippen LogP contribution < -0.4 is 10.1 Å². The molecule has 0 aromatic heterocycles. The summed E-state index contributed by atoms with van der Waals surface area (Å²) < 4.78 is 5.51. The molecule has 6 heteroatoms. The quantitative estimate of drug-likeness (QED) is 0.679. The number of carbonyl (C=O) groups excluding carboxylic acids is 1. The number of amides is 1. The number of nitrogens with one attached hydrogen (secondary N) is 1. The highest BCUT2D eigenvalue weighted by Gasteiger charge is 2.10. The number of carboxylic acids is 1. The highest BCUT2D eigenvalue weighted by molar-refractivity contribution is 5.93. The number of hydrogen-bond acceptors (Lipinski definition) is 4. The Hall–Kier alpha value is -3.02. The van der Waals surface area contributed by atoms with Gasteiger partial charge >= 0.3 is 5.97 Å². The van der Waals surface area contributed by atoms with Crippen LogP contribution in [-0.2, 0) is 22.4 Å². The van der Waals surface area contributed by atoms with Crippen LogP contribution in [0, 0.1) is 0 Å². The Morgan fingerprint density at radius 2 is 1.92 bits per heavy atom. The molecule has 0 saturated carbocycles. The SMILES string of the molecule is CCc1ccccc1OCC(=O)Nc1cc(CC(=O)O)ccc1O. The molecule has 6 nitrogen and oxygen atoms in total. The highest BCUT2D eigenvalue weighted by Crippen LogP contribution is 2.24. The summed E-state index contributed by atoms with van der Waals surface area (Å²) in [6.07, 6.45) is 0.597. The molecule has 0 saturated heterocycles. The molecule has 3 N–H and O–H groups in total. The van der Waals surface area contributed by atoms with Gasteiger partial charge < -0.3 is 20.3 Å². The molecular weight excluding hydrogens is 310 g/mol. The Balaban J connectivity index is 2.00. The van der Waals surface area contributed by atoms with E-state index in [-0.39, 0.29) is 24.5 Å². The molecule has 0 spiro atoms. The molecule has 0 aliphatic carbocycles. The van der Waals surface area contributed by atoms with E-state index in [1.54, 1.807) is 6.07 Å². The second kappa shape index (κ2) is 8.01. The molecule has 1 amide bonds. The van der Waals surface area contributed by atoms with Gasteiger partial charge in [0.15, 0.2) is 6.61 Å². The van der Waals surface area contributed by atoms with Crippen LogP contribution in [0.3, 0.4) is 0 Å². The zero-order valence-corrected chi connectivity index (χ0v) is 13.3. The molecule has 0 bridgehead atoms. The number of para-hydroxylation sites is 1. The maximum atomic E-state index is 12.0. The van der Waals surface area contributed by atoms with E-state index in [4.69, 9.17) is 9.84 Å². The van der Waals surface area contributed by atoms with Crippen molar-refractivity contribution in [2.45, 2.75) is 19.8 Å². The molecule has 0 fully saturated rings. The highest BCUT2D eigenvalue weighted by atomic mass is 16.5. The first kappa shape index (κ1) is 17.3. The van der Waals surface area contributed by atoms with Crippen LogP contribution >= 0.6 is 0 Å². The van der Waals surface area contributed by atoms with Crippen molar-refractivity contribution in [2.24, 2.45) is 0 Å². The number of hydrogen-bond donors (Lipinski definition) is 3. The molecule has 0 heterocycles. The van der Waals surface area contributed by atoms with Crippen LogP contribution in [0.1, 0.15) is 18.1 Å². The molecule has 2 aromatic carbocycles. The second-order valence-corrected chi connectivity index (χ2v) is 5.22. The number of aryl methyl sites for hydroxylation is 1. The van der Waals surface area contributed by atoms with E-state index < -0.39 is 11.9 Å². The third-order valence-corrected chi connectivity index (χ3v) is 3.40. The smallest absolute Gasteiger partial charge is 0.307 e. The Bertz CT molecular complexity index is 742. The van der Waals surface area contributed by atoms with Gasteiger partial charge in [0, 0.05) is 0 Å². The molecule has 126 valence electrons. The summed E-state index contributed by atoms with van der Waals surface area (Å²) >= 11 is 0. The van der Waals surface area contributed by atoms with Crippen molar-refractivity contribution in [2.75, 3.05) is 11.9 Å². The molecule has 0 radical (unpaired) electrons. The normalized spacial score (nSPS) is 10.2. The Kier molecular flexibility index (Phi) is 5.78. The van der Waals surface area contributed by atoms with Crippen LogP contribution in [-0.4, -0.2) is 28.7 Å². The summed E-state index contributed by atoms with van der Waals surface area (Å²) in [5.74, 6) is -0.924. The average Bonchev–Trinajstić information content (AvgIpc) is 2.55. The van der Waals surface area contributed by atoms with Gasteiger partial charge in [0.2, 0.25) is 0 Å². The van der Waals surface area contributed by atoms with E-state index in [0.717, 1.165) is 12.0 Å². The fraction of sp³-hybridized carbons (Fsp3) is 0.222. The van der Waals surface area contributed by atoms with Crippen molar-refractivity contribution in [1.82, 2.24) is 0 Å². The summed E-state index contributed by atoms with van der Waals surface area (Å²) in [6, 6.07) is 11.7. The van der Waals surface area contributed by atoms with Crippen molar-refractivity contribution < 1.29 is 24.5 Å². The minimum Gasteiger partial charge on any atom is -0.506 e. The van der Waals surface area contributed by atoms with Gasteiger partial charge in [-0.25, -0.2) is 0 Å². The standard InChI is InChI=1S/C18H19NO5/c1-2-13-5-3-4-6-16(13)24-11-17(21)19-14-9-12(10-18(22)23)7-8-15(14)20/h3-9,20H,2,10-11H2,1H3,(H,19,21)(H,22,23). The number of carboxylic acid groups (broad SMARTS) is 1. The van der Waals surface area contributed by atoms with E-state index in [2.05, 4.69) is 5.32 Å². The lowest BCUT2D eigenvalue weighted by Crippen LogP contribution is -2.20. The number of rotatable bonds is 7. The lowest BCUT2D eigenvalue weighted by molar-refractivity contribution is -0.136. The lowest BCUT2D eigenvalue weighted by Gasteiger charge is -2.12. The maximum absolute atomic E-state index is 12.0. The Morgan fingerprint density at radius 1 is 1.17 bits per heavy atom. The molecule has 0 unspecified atom stereocenters. The second-order valence-electron chi connectivity index (χ2n) is 5.22. The van der Waals surface area contributed by atoms with Gasteiger partial charge in [0.05, 0.1) is 12.1 Å². The van der Waals surface area contributed by atoms with E-state index >= 15 is 0 Å². The number of phenolic OH excluding ortho intramolecular Hbond substituents is 1. The van der Waals surface area contributed by atoms with Crippen molar-refractivity contribution in [3.05, 3.63) is 53.6 Å². The fourth-order valence-electron chi connectivity index (χ4n) is 2.23. The first-order valence-electron chi connectivity index (χ1n) is 7.53. The summed E-state index contributed by atoms with van der Waals surface area (Å²) in [5.41, 5.74) is 1.63. The van der Waals surface area contributed by atoms with Crippen LogP contribution in [0.15, 0.2) is 42.5 Å². The van der Waals surface area contributed by atoms with E-state index in [9.17, 15) is 14.7 Å². The summed E-state index contributed by atoms with van der Waals surface area (Å²) in [4.78, 5) is 22.7. The molecule has 0 atom stereocenters. The maximum Gasteiger partial charge on any atom is 0.307 e. The van der Waals surface area contributed by atoms with Crippen molar-refractivity contribution in [1.29, 1.82) is 0 Å². The van der Waals surface area contributed by atoms with E-state index in [1.807, 2.05) is 25.1 Å². The predicted molar refractivity (Wildman–Crippen MR) is 89.4 cm³/mol. The Morgan fingerprint density at radius 3 is 2.62 bits per heavy atom. The number of ether oxygens (including phenoxy) is 1. The number of phenols is 1. The molecule has 24 heavy (non-hydrogen) atoms.